The van der Waals surface area contributed by atoms with E-state index >= 15 is 0 Å². The highest BCUT2D eigenvalue weighted by molar-refractivity contribution is 6.01. The number of carbonyl (C=O) groups excluding carboxylic acids is 2. The van der Waals surface area contributed by atoms with E-state index in [9.17, 15) is 24.6 Å². The van der Waals surface area contributed by atoms with Gasteiger partial charge in [0.25, 0.3) is 0 Å². The standard InChI is InChI=1S/C24H30O7/c1-12-8-16-15-5-4-13-9-14(25)6-7-21(13,2)24(15)18(31-24)11-22(16,3)23(12,30)20(29)17(26)10-19(27)28/h6-7,9,12,15-18,26,30H,4-5,8,10-11H2,1-3H3,(H,27,28)/t12?,15-,16-,17?,18?,21-,22-,23-,24-/m0/s1. The van der Waals surface area contributed by atoms with E-state index in [1.54, 1.807) is 12.2 Å². The van der Waals surface area contributed by atoms with E-state index < -0.39 is 46.8 Å². The number of carboxylic acids is 1. The molecule has 4 fully saturated rings. The third kappa shape index (κ3) is 2.32. The summed E-state index contributed by atoms with van der Waals surface area (Å²) in [5.41, 5.74) is -2.35. The molecule has 0 aromatic carbocycles. The van der Waals surface area contributed by atoms with Crippen molar-refractivity contribution in [1.82, 2.24) is 0 Å². The van der Waals surface area contributed by atoms with Gasteiger partial charge >= 0.3 is 5.97 Å². The number of hydrogen-bond acceptors (Lipinski definition) is 6. The molecular weight excluding hydrogens is 400 g/mol. The SMILES string of the molecule is CC1C[C@H]2[C@@H]3CCC4=CC(=O)C=C[C@]4(C)[C@]34OC4C[C@]2(C)[C@@]1(O)C(=O)C(O)CC(=O)O. The Balaban J connectivity index is 1.53. The van der Waals surface area contributed by atoms with Crippen LogP contribution in [0.3, 0.4) is 0 Å². The lowest BCUT2D eigenvalue weighted by atomic mass is 9.46. The molecule has 1 aliphatic heterocycles. The zero-order chi connectivity index (χ0) is 22.6. The Morgan fingerprint density at radius 3 is 2.68 bits per heavy atom. The van der Waals surface area contributed by atoms with Crippen molar-refractivity contribution >= 4 is 17.5 Å². The Kier molecular flexibility index (Phi) is 4.17. The Bertz CT molecular complexity index is 952. The number of fused-ring (bicyclic) bond motifs is 3. The summed E-state index contributed by atoms with van der Waals surface area (Å²) >= 11 is 0. The third-order valence-corrected chi connectivity index (χ3v) is 9.56. The summed E-state index contributed by atoms with van der Waals surface area (Å²) in [6.07, 6.45) is 5.37. The van der Waals surface area contributed by atoms with E-state index in [1.165, 1.54) is 0 Å². The van der Waals surface area contributed by atoms with Gasteiger partial charge in [-0.25, -0.2) is 0 Å². The van der Waals surface area contributed by atoms with Crippen molar-refractivity contribution in [3.05, 3.63) is 23.8 Å². The first-order valence-corrected chi connectivity index (χ1v) is 11.2. The number of aliphatic carboxylic acids is 1. The van der Waals surface area contributed by atoms with Crippen molar-refractivity contribution in [2.75, 3.05) is 0 Å². The average Bonchev–Trinajstić information content (AvgIpc) is 3.37. The van der Waals surface area contributed by atoms with Crippen LogP contribution in [-0.2, 0) is 19.1 Å². The van der Waals surface area contributed by atoms with E-state index in [0.717, 1.165) is 18.4 Å². The number of hydrogen-bond donors (Lipinski definition) is 3. The minimum absolute atomic E-state index is 0.00190. The number of ketones is 2. The second-order valence-electron chi connectivity index (χ2n) is 10.8. The lowest BCUT2D eigenvalue weighted by Gasteiger charge is -2.55. The van der Waals surface area contributed by atoms with Crippen LogP contribution >= 0.6 is 0 Å². The molecule has 0 radical (unpaired) electrons. The van der Waals surface area contributed by atoms with Gasteiger partial charge < -0.3 is 20.1 Å². The predicted octanol–water partition coefficient (Wildman–Crippen LogP) is 1.81. The predicted molar refractivity (Wildman–Crippen MR) is 109 cm³/mol. The van der Waals surface area contributed by atoms with Crippen LogP contribution < -0.4 is 0 Å². The molecule has 31 heavy (non-hydrogen) atoms. The first-order valence-electron chi connectivity index (χ1n) is 11.2. The fourth-order valence-electron chi connectivity index (χ4n) is 8.02. The highest BCUT2D eigenvalue weighted by atomic mass is 16.6. The van der Waals surface area contributed by atoms with Crippen LogP contribution in [0.15, 0.2) is 23.8 Å². The lowest BCUT2D eigenvalue weighted by molar-refractivity contribution is -0.173. The second-order valence-corrected chi connectivity index (χ2v) is 10.8. The molecule has 3 saturated carbocycles. The second kappa shape index (κ2) is 6.15. The topological polar surface area (TPSA) is 124 Å². The molecule has 0 aromatic rings. The molecule has 4 aliphatic carbocycles. The number of aliphatic hydroxyl groups is 2. The molecule has 1 saturated heterocycles. The maximum absolute atomic E-state index is 13.2. The van der Waals surface area contributed by atoms with E-state index in [0.29, 0.717) is 12.8 Å². The van der Waals surface area contributed by atoms with Crippen LogP contribution in [0.5, 0.6) is 0 Å². The van der Waals surface area contributed by atoms with Gasteiger partial charge in [-0.2, -0.15) is 0 Å². The van der Waals surface area contributed by atoms with Gasteiger partial charge in [0.15, 0.2) is 11.6 Å². The van der Waals surface area contributed by atoms with Gasteiger partial charge in [0.05, 0.1) is 12.5 Å². The Morgan fingerprint density at radius 2 is 2.00 bits per heavy atom. The van der Waals surface area contributed by atoms with Crippen LogP contribution in [0, 0.1) is 28.6 Å². The monoisotopic (exact) mass is 430 g/mol. The number of ether oxygens (including phenoxy) is 1. The largest absolute Gasteiger partial charge is 0.481 e. The zero-order valence-electron chi connectivity index (χ0n) is 18.1. The molecule has 1 heterocycles. The fourth-order valence-corrected chi connectivity index (χ4v) is 8.02. The number of Topliss-reactive ketones (excluding diaryl/α,β-unsaturated/α-hetero) is 1. The van der Waals surface area contributed by atoms with Gasteiger partial charge in [-0.3, -0.25) is 14.4 Å². The average molecular weight is 430 g/mol. The van der Waals surface area contributed by atoms with Crippen molar-refractivity contribution in [2.45, 2.75) is 76.3 Å². The quantitative estimate of drug-likeness (QED) is 0.581. The minimum atomic E-state index is -1.81. The van der Waals surface area contributed by atoms with Crippen molar-refractivity contribution < 1.29 is 34.4 Å². The highest BCUT2D eigenvalue weighted by Crippen LogP contribution is 2.76. The van der Waals surface area contributed by atoms with E-state index in [2.05, 4.69) is 6.92 Å². The third-order valence-electron chi connectivity index (χ3n) is 9.56. The summed E-state index contributed by atoms with van der Waals surface area (Å²) in [5, 5.41) is 31.1. The number of epoxide rings is 1. The van der Waals surface area contributed by atoms with Crippen LogP contribution in [0.2, 0.25) is 0 Å². The number of carbonyl (C=O) groups is 3. The van der Waals surface area contributed by atoms with Crippen molar-refractivity contribution in [2.24, 2.45) is 28.6 Å². The van der Waals surface area contributed by atoms with Crippen LogP contribution in [0.4, 0.5) is 0 Å². The van der Waals surface area contributed by atoms with Crippen LogP contribution in [0.25, 0.3) is 0 Å². The first-order chi connectivity index (χ1) is 14.4. The smallest absolute Gasteiger partial charge is 0.306 e. The Morgan fingerprint density at radius 1 is 1.29 bits per heavy atom. The molecule has 1 spiro atoms. The zero-order valence-corrected chi connectivity index (χ0v) is 18.1. The molecule has 0 aromatic heterocycles. The molecule has 0 bridgehead atoms. The highest BCUT2D eigenvalue weighted by Gasteiger charge is 2.82. The molecule has 3 unspecified atom stereocenters. The summed E-state index contributed by atoms with van der Waals surface area (Å²) in [4.78, 5) is 36.3. The molecule has 0 amide bonds. The first kappa shape index (κ1) is 21.0. The molecule has 5 aliphatic rings. The van der Waals surface area contributed by atoms with Gasteiger partial charge in [0.1, 0.15) is 17.3 Å². The summed E-state index contributed by atoms with van der Waals surface area (Å²) < 4.78 is 6.43. The van der Waals surface area contributed by atoms with Gasteiger partial charge in [-0.1, -0.05) is 25.5 Å². The van der Waals surface area contributed by atoms with Crippen molar-refractivity contribution in [3.63, 3.8) is 0 Å². The van der Waals surface area contributed by atoms with E-state index in [4.69, 9.17) is 9.84 Å². The molecular formula is C24H30O7. The maximum Gasteiger partial charge on any atom is 0.306 e. The van der Waals surface area contributed by atoms with Gasteiger partial charge in [0.2, 0.25) is 0 Å². The number of allylic oxidation sites excluding steroid dienone is 2. The lowest BCUT2D eigenvalue weighted by Crippen LogP contribution is -2.63. The molecule has 168 valence electrons. The van der Waals surface area contributed by atoms with Crippen LogP contribution in [-0.4, -0.2) is 56.3 Å². The molecule has 7 heteroatoms. The van der Waals surface area contributed by atoms with E-state index in [1.807, 2.05) is 19.9 Å². The van der Waals surface area contributed by atoms with E-state index in [-0.39, 0.29) is 29.1 Å². The molecule has 5 rings (SSSR count). The Hall–Kier alpha value is -1.83. The number of rotatable bonds is 4. The summed E-state index contributed by atoms with van der Waals surface area (Å²) in [6, 6.07) is 0. The number of aliphatic hydroxyl groups excluding tert-OH is 1. The maximum atomic E-state index is 13.2. The molecule has 9 atom stereocenters. The summed E-state index contributed by atoms with van der Waals surface area (Å²) in [7, 11) is 0. The van der Waals surface area contributed by atoms with Gasteiger partial charge in [-0.05, 0) is 62.5 Å². The number of carboxylic acid groups (broad SMARTS) is 1. The Labute approximate surface area is 181 Å². The molecule has 7 nitrogen and oxygen atoms in total. The summed E-state index contributed by atoms with van der Waals surface area (Å²) in [6.45, 7) is 5.86. The van der Waals surface area contributed by atoms with Gasteiger partial charge in [-0.15, -0.1) is 0 Å². The van der Waals surface area contributed by atoms with Gasteiger partial charge in [0, 0.05) is 10.8 Å². The fraction of sp³-hybridized carbons (Fsp3) is 0.708. The summed E-state index contributed by atoms with van der Waals surface area (Å²) in [5.74, 6) is -2.36. The van der Waals surface area contributed by atoms with Crippen LogP contribution in [0.1, 0.15) is 52.9 Å². The van der Waals surface area contributed by atoms with Crippen molar-refractivity contribution in [3.8, 4) is 0 Å². The van der Waals surface area contributed by atoms with Crippen molar-refractivity contribution in [1.29, 1.82) is 0 Å². The molecule has 3 N–H and O–H groups in total. The normalized spacial score (nSPS) is 50.5. The minimum Gasteiger partial charge on any atom is -0.481 e.